The Bertz CT molecular complexity index is 136. The minimum absolute atomic E-state index is 0.554. The normalized spacial score (nSPS) is 18.6. The number of hydrogen-bond acceptors (Lipinski definition) is 0. The highest BCUT2D eigenvalue weighted by Crippen LogP contribution is 2.49. The summed E-state index contributed by atoms with van der Waals surface area (Å²) in [5.41, 5.74) is 0. The highest BCUT2D eigenvalue weighted by molar-refractivity contribution is 7.51. The van der Waals surface area contributed by atoms with Crippen LogP contribution in [-0.2, 0) is 0 Å². The lowest BCUT2D eigenvalue weighted by Crippen LogP contribution is -2.25. The maximum atomic E-state index is 3.18. The van der Waals surface area contributed by atoms with Gasteiger partial charge in [-0.05, 0) is 24.9 Å². The molecule has 4 unspecified atom stereocenters. The van der Waals surface area contributed by atoms with E-state index in [2.05, 4.69) is 36.9 Å². The van der Waals surface area contributed by atoms with E-state index in [1.807, 2.05) is 0 Å². The van der Waals surface area contributed by atoms with Crippen LogP contribution in [-0.4, -0.2) is 11.1 Å². The van der Waals surface area contributed by atoms with Gasteiger partial charge in [-0.25, -0.2) is 0 Å². The molecule has 4 atom stereocenters. The molecule has 0 N–H and O–H groups in total. The Hall–Kier alpha value is 0.860. The summed E-state index contributed by atoms with van der Waals surface area (Å²) in [7, 11) is 4.30. The van der Waals surface area contributed by atoms with Crippen molar-refractivity contribution in [2.45, 2.75) is 64.7 Å². The Morgan fingerprint density at radius 3 is 2.21 bits per heavy atom. The van der Waals surface area contributed by atoms with Crippen molar-refractivity contribution in [2.75, 3.05) is 6.16 Å². The summed E-state index contributed by atoms with van der Waals surface area (Å²) in [5.74, 6) is 0.927. The molecule has 0 rings (SSSR count). The molecule has 0 aromatic carbocycles. The smallest absolute Gasteiger partial charge is 0.00465 e. The molecule has 0 nitrogen and oxygen atoms in total. The highest BCUT2D eigenvalue weighted by atomic mass is 31.1. The van der Waals surface area contributed by atoms with Gasteiger partial charge in [-0.1, -0.05) is 47.0 Å². The second kappa shape index (κ2) is 8.06. The van der Waals surface area contributed by atoms with E-state index in [-0.39, 0.29) is 0 Å². The molecule has 0 aromatic heterocycles. The predicted octanol–water partition coefficient (Wildman–Crippen LogP) is 4.88. The van der Waals surface area contributed by atoms with Crippen LogP contribution in [0.3, 0.4) is 0 Å². The minimum Gasteiger partial charge on any atom is -0.126 e. The molecule has 0 fully saturated rings. The maximum Gasteiger partial charge on any atom is 0.00465 e. The average molecular weight is 234 g/mol. The fourth-order valence-corrected chi connectivity index (χ4v) is 4.72. The topological polar surface area (TPSA) is 0 Å². The third-order valence-electron chi connectivity index (χ3n) is 3.22. The van der Waals surface area contributed by atoms with Crippen molar-refractivity contribution < 1.29 is 0 Å². The minimum atomic E-state index is 0.554. The van der Waals surface area contributed by atoms with Crippen LogP contribution in [0.25, 0.3) is 0 Å². The van der Waals surface area contributed by atoms with Gasteiger partial charge in [0.15, 0.2) is 0 Å². The molecule has 0 saturated heterocycles. The molecular formula is C12H28P2. The summed E-state index contributed by atoms with van der Waals surface area (Å²) in [6.45, 7) is 9.32. The van der Waals surface area contributed by atoms with E-state index in [1.54, 1.807) is 0 Å². The molecule has 0 aliphatic heterocycles. The first-order chi connectivity index (χ1) is 6.64. The molecule has 0 radical (unpaired) electrons. The molecule has 14 heavy (non-hydrogen) atoms. The van der Waals surface area contributed by atoms with Crippen LogP contribution in [0.2, 0.25) is 0 Å². The van der Waals surface area contributed by atoms with Crippen molar-refractivity contribution in [1.29, 1.82) is 0 Å². The van der Waals surface area contributed by atoms with E-state index in [0.717, 1.165) is 14.5 Å². The van der Waals surface area contributed by atoms with E-state index in [4.69, 9.17) is 0 Å². The van der Waals surface area contributed by atoms with E-state index in [9.17, 15) is 0 Å². The lowest BCUT2D eigenvalue weighted by molar-refractivity contribution is 0.402. The van der Waals surface area contributed by atoms with E-state index in [0.29, 0.717) is 4.90 Å². The van der Waals surface area contributed by atoms with Gasteiger partial charge in [0.1, 0.15) is 0 Å². The Labute approximate surface area is 95.0 Å². The largest absolute Gasteiger partial charge is 0.126 e. The molecule has 0 spiro atoms. The zero-order valence-electron chi connectivity index (χ0n) is 10.4. The van der Waals surface area contributed by atoms with Gasteiger partial charge in [0.2, 0.25) is 0 Å². The van der Waals surface area contributed by atoms with Crippen molar-refractivity contribution in [3.63, 3.8) is 0 Å². The molecule has 0 saturated carbocycles. The third-order valence-corrected chi connectivity index (χ3v) is 6.48. The lowest BCUT2D eigenvalue weighted by atomic mass is 9.93. The Morgan fingerprint density at radius 1 is 1.21 bits per heavy atom. The molecule has 0 heterocycles. The summed E-state index contributed by atoms with van der Waals surface area (Å²) in [4.78, 5) is 0.554. The third kappa shape index (κ3) is 4.59. The quantitative estimate of drug-likeness (QED) is 0.525. The van der Waals surface area contributed by atoms with Crippen molar-refractivity contribution in [3.8, 4) is 0 Å². The molecule has 0 aromatic rings. The van der Waals surface area contributed by atoms with Crippen molar-refractivity contribution >= 4 is 17.8 Å². The van der Waals surface area contributed by atoms with Crippen molar-refractivity contribution in [2.24, 2.45) is 5.92 Å². The van der Waals surface area contributed by atoms with Gasteiger partial charge >= 0.3 is 0 Å². The maximum absolute atomic E-state index is 3.18. The van der Waals surface area contributed by atoms with Gasteiger partial charge in [0.05, 0.1) is 0 Å². The number of rotatable bonds is 8. The SMILES string of the molecule is CCCCC(CC)C(P)(CC)PCC. The predicted molar refractivity (Wildman–Crippen MR) is 74.9 cm³/mol. The second-order valence-electron chi connectivity index (χ2n) is 4.17. The van der Waals surface area contributed by atoms with Gasteiger partial charge < -0.3 is 0 Å². The fraction of sp³-hybridized carbons (Fsp3) is 1.00. The van der Waals surface area contributed by atoms with Gasteiger partial charge in [-0.3, -0.25) is 0 Å². The molecular weight excluding hydrogens is 206 g/mol. The van der Waals surface area contributed by atoms with Crippen LogP contribution in [0.15, 0.2) is 0 Å². The Kier molecular flexibility index (Phi) is 8.56. The van der Waals surface area contributed by atoms with Crippen molar-refractivity contribution in [1.82, 2.24) is 0 Å². The van der Waals surface area contributed by atoms with E-state index in [1.165, 1.54) is 38.3 Å². The lowest BCUT2D eigenvalue weighted by Gasteiger charge is -2.36. The molecule has 0 amide bonds. The van der Waals surface area contributed by atoms with E-state index < -0.39 is 0 Å². The molecule has 0 aliphatic rings. The molecule has 0 aliphatic carbocycles. The zero-order chi connectivity index (χ0) is 11.0. The van der Waals surface area contributed by atoms with Crippen LogP contribution in [0, 0.1) is 5.92 Å². The molecule has 86 valence electrons. The summed E-state index contributed by atoms with van der Waals surface area (Å²) in [6, 6.07) is 0. The Morgan fingerprint density at radius 2 is 1.86 bits per heavy atom. The Balaban J connectivity index is 4.26. The molecule has 2 heteroatoms. The van der Waals surface area contributed by atoms with Crippen LogP contribution in [0.1, 0.15) is 59.8 Å². The zero-order valence-corrected chi connectivity index (χ0v) is 12.6. The highest BCUT2D eigenvalue weighted by Gasteiger charge is 2.29. The summed E-state index contributed by atoms with van der Waals surface area (Å²) < 4.78 is 0. The first-order valence-corrected chi connectivity index (χ1v) is 7.96. The van der Waals surface area contributed by atoms with Crippen LogP contribution < -0.4 is 0 Å². The van der Waals surface area contributed by atoms with Crippen LogP contribution in [0.4, 0.5) is 0 Å². The average Bonchev–Trinajstić information content (AvgIpc) is 2.19. The monoisotopic (exact) mass is 234 g/mol. The summed E-state index contributed by atoms with van der Waals surface area (Å²) >= 11 is 0. The van der Waals surface area contributed by atoms with Gasteiger partial charge in [-0.15, -0.1) is 17.8 Å². The molecule has 0 bridgehead atoms. The fourth-order valence-electron chi connectivity index (χ4n) is 2.16. The van der Waals surface area contributed by atoms with Gasteiger partial charge in [-0.2, -0.15) is 0 Å². The van der Waals surface area contributed by atoms with Crippen molar-refractivity contribution in [3.05, 3.63) is 0 Å². The van der Waals surface area contributed by atoms with E-state index >= 15 is 0 Å². The van der Waals surface area contributed by atoms with Gasteiger partial charge in [0.25, 0.3) is 0 Å². The first kappa shape index (κ1) is 14.9. The van der Waals surface area contributed by atoms with Crippen LogP contribution in [0.5, 0.6) is 0 Å². The summed E-state index contributed by atoms with van der Waals surface area (Å²) in [5, 5.41) is 0. The summed E-state index contributed by atoms with van der Waals surface area (Å²) in [6.07, 6.45) is 8.20. The number of hydrogen-bond donors (Lipinski definition) is 0. The van der Waals surface area contributed by atoms with Crippen LogP contribution >= 0.6 is 17.8 Å². The first-order valence-electron chi connectivity index (χ1n) is 6.18. The van der Waals surface area contributed by atoms with Gasteiger partial charge in [0, 0.05) is 4.90 Å². The second-order valence-corrected chi connectivity index (χ2v) is 7.77. The number of unbranched alkanes of at least 4 members (excludes halogenated alkanes) is 1. The standard InChI is InChI=1S/C12H28P2/c1-5-9-10-11(6-2)12(13,7-3)14-8-4/h11,14H,5-10,13H2,1-4H3.